The van der Waals surface area contributed by atoms with Crippen LogP contribution >= 0.6 is 31.9 Å². The van der Waals surface area contributed by atoms with E-state index in [0.29, 0.717) is 0 Å². The first kappa shape index (κ1) is 14.5. The number of alkyl halides is 1. The summed E-state index contributed by atoms with van der Waals surface area (Å²) >= 11 is 7.14. The highest BCUT2D eigenvalue weighted by molar-refractivity contribution is 9.10. The zero-order chi connectivity index (χ0) is 14.0. The molecule has 0 amide bonds. The molecule has 0 bridgehead atoms. The number of hydrogen-bond acceptors (Lipinski definition) is 1. The molecule has 2 rings (SSSR count). The van der Waals surface area contributed by atoms with Gasteiger partial charge in [-0.3, -0.25) is 0 Å². The Morgan fingerprint density at radius 3 is 2.47 bits per heavy atom. The number of ether oxygens (including phenoxy) is 1. The molecule has 0 aliphatic rings. The van der Waals surface area contributed by atoms with Crippen molar-refractivity contribution >= 4 is 31.9 Å². The highest BCUT2D eigenvalue weighted by atomic mass is 79.9. The molecule has 1 atom stereocenters. The van der Waals surface area contributed by atoms with E-state index in [9.17, 15) is 4.39 Å². The van der Waals surface area contributed by atoms with E-state index in [-0.39, 0.29) is 10.6 Å². The van der Waals surface area contributed by atoms with Gasteiger partial charge in [0.1, 0.15) is 11.6 Å². The fraction of sp³-hybridized carbons (Fsp3) is 0.200. The SMILES string of the molecule is COc1ccc(C(Br)c2ccc(F)cc2C)cc1Br. The maximum Gasteiger partial charge on any atom is 0.133 e. The fourth-order valence-electron chi connectivity index (χ4n) is 1.94. The highest BCUT2D eigenvalue weighted by Gasteiger charge is 2.14. The Morgan fingerprint density at radius 2 is 1.89 bits per heavy atom. The molecule has 0 spiro atoms. The van der Waals surface area contributed by atoms with E-state index in [2.05, 4.69) is 31.9 Å². The zero-order valence-corrected chi connectivity index (χ0v) is 13.8. The third kappa shape index (κ3) is 3.18. The van der Waals surface area contributed by atoms with Crippen molar-refractivity contribution in [1.29, 1.82) is 0 Å². The van der Waals surface area contributed by atoms with Gasteiger partial charge in [0.15, 0.2) is 0 Å². The summed E-state index contributed by atoms with van der Waals surface area (Å²) in [7, 11) is 1.63. The van der Waals surface area contributed by atoms with Crippen molar-refractivity contribution < 1.29 is 9.13 Å². The van der Waals surface area contributed by atoms with Gasteiger partial charge in [-0.1, -0.05) is 28.1 Å². The molecule has 0 heterocycles. The van der Waals surface area contributed by atoms with Crippen molar-refractivity contribution in [2.24, 2.45) is 0 Å². The molecule has 0 aliphatic heterocycles. The van der Waals surface area contributed by atoms with Crippen LogP contribution in [0.25, 0.3) is 0 Å². The zero-order valence-electron chi connectivity index (χ0n) is 10.6. The van der Waals surface area contributed by atoms with Crippen LogP contribution in [0.2, 0.25) is 0 Å². The maximum absolute atomic E-state index is 13.1. The molecule has 0 saturated carbocycles. The van der Waals surface area contributed by atoms with E-state index in [0.717, 1.165) is 26.9 Å². The van der Waals surface area contributed by atoms with Gasteiger partial charge in [0.25, 0.3) is 0 Å². The number of rotatable bonds is 3. The first-order valence-electron chi connectivity index (χ1n) is 5.76. The van der Waals surface area contributed by atoms with Crippen molar-refractivity contribution in [2.75, 3.05) is 7.11 Å². The van der Waals surface area contributed by atoms with Crippen LogP contribution in [-0.4, -0.2) is 7.11 Å². The summed E-state index contributed by atoms with van der Waals surface area (Å²) in [5.74, 6) is 0.580. The molecule has 0 aromatic heterocycles. The van der Waals surface area contributed by atoms with E-state index in [1.165, 1.54) is 6.07 Å². The predicted octanol–water partition coefficient (Wildman–Crippen LogP) is 5.39. The third-order valence-electron chi connectivity index (χ3n) is 2.97. The van der Waals surface area contributed by atoms with Gasteiger partial charge < -0.3 is 4.74 Å². The van der Waals surface area contributed by atoms with E-state index < -0.39 is 0 Å². The van der Waals surface area contributed by atoms with E-state index in [1.807, 2.05) is 31.2 Å². The number of hydrogen-bond donors (Lipinski definition) is 0. The lowest BCUT2D eigenvalue weighted by atomic mass is 10.0. The second-order valence-electron chi connectivity index (χ2n) is 4.26. The molecule has 1 unspecified atom stereocenters. The van der Waals surface area contributed by atoms with Crippen LogP contribution < -0.4 is 4.74 Å². The molecule has 2 aromatic rings. The largest absolute Gasteiger partial charge is 0.496 e. The first-order chi connectivity index (χ1) is 9.02. The van der Waals surface area contributed by atoms with Crippen molar-refractivity contribution in [1.82, 2.24) is 0 Å². The second-order valence-corrected chi connectivity index (χ2v) is 6.03. The lowest BCUT2D eigenvalue weighted by molar-refractivity contribution is 0.412. The van der Waals surface area contributed by atoms with Gasteiger partial charge in [-0.2, -0.15) is 0 Å². The topological polar surface area (TPSA) is 9.23 Å². The molecule has 0 radical (unpaired) electrons. The van der Waals surface area contributed by atoms with Crippen molar-refractivity contribution in [3.63, 3.8) is 0 Å². The Balaban J connectivity index is 2.38. The Kier molecular flexibility index (Phi) is 4.63. The van der Waals surface area contributed by atoms with Crippen LogP contribution in [0.3, 0.4) is 0 Å². The van der Waals surface area contributed by atoms with Gasteiger partial charge >= 0.3 is 0 Å². The van der Waals surface area contributed by atoms with Gasteiger partial charge in [-0.15, -0.1) is 0 Å². The molecule has 19 heavy (non-hydrogen) atoms. The van der Waals surface area contributed by atoms with Gasteiger partial charge in [0.2, 0.25) is 0 Å². The summed E-state index contributed by atoms with van der Waals surface area (Å²) in [6, 6.07) is 10.7. The minimum absolute atomic E-state index is 0.0234. The predicted molar refractivity (Wildman–Crippen MR) is 82.6 cm³/mol. The molecule has 100 valence electrons. The van der Waals surface area contributed by atoms with Crippen LogP contribution in [0.5, 0.6) is 5.75 Å². The molecule has 0 aliphatic carbocycles. The molecule has 1 nitrogen and oxygen atoms in total. The molecule has 0 fully saturated rings. The van der Waals surface area contributed by atoms with Crippen LogP contribution in [0.15, 0.2) is 40.9 Å². The lowest BCUT2D eigenvalue weighted by Crippen LogP contribution is -1.97. The van der Waals surface area contributed by atoms with Crippen molar-refractivity contribution in [3.05, 3.63) is 63.4 Å². The van der Waals surface area contributed by atoms with Crippen LogP contribution in [0, 0.1) is 12.7 Å². The number of aryl methyl sites for hydroxylation is 1. The Labute approximate surface area is 129 Å². The Hall–Kier alpha value is -0.870. The summed E-state index contributed by atoms with van der Waals surface area (Å²) in [5, 5.41) is 0. The van der Waals surface area contributed by atoms with Crippen molar-refractivity contribution in [3.8, 4) is 5.75 Å². The third-order valence-corrected chi connectivity index (χ3v) is 4.62. The molecule has 0 N–H and O–H groups in total. The first-order valence-corrected chi connectivity index (χ1v) is 7.47. The number of methoxy groups -OCH3 is 1. The Morgan fingerprint density at radius 1 is 1.16 bits per heavy atom. The van der Waals surface area contributed by atoms with E-state index in [1.54, 1.807) is 13.2 Å². The van der Waals surface area contributed by atoms with E-state index in [4.69, 9.17) is 4.74 Å². The summed E-state index contributed by atoms with van der Waals surface area (Å²) in [5.41, 5.74) is 3.06. The van der Waals surface area contributed by atoms with Gasteiger partial charge in [-0.05, 0) is 63.8 Å². The van der Waals surface area contributed by atoms with Crippen LogP contribution in [-0.2, 0) is 0 Å². The number of benzene rings is 2. The quantitative estimate of drug-likeness (QED) is 0.641. The summed E-state index contributed by atoms with van der Waals surface area (Å²) < 4.78 is 19.2. The smallest absolute Gasteiger partial charge is 0.133 e. The van der Waals surface area contributed by atoms with Gasteiger partial charge in [0.05, 0.1) is 16.4 Å². The average molecular weight is 388 g/mol. The van der Waals surface area contributed by atoms with Gasteiger partial charge in [0, 0.05) is 0 Å². The van der Waals surface area contributed by atoms with E-state index >= 15 is 0 Å². The molecule has 4 heteroatoms. The maximum atomic E-state index is 13.1. The molecule has 2 aromatic carbocycles. The fourth-order valence-corrected chi connectivity index (χ4v) is 3.30. The van der Waals surface area contributed by atoms with Crippen LogP contribution in [0.4, 0.5) is 4.39 Å². The standard InChI is InChI=1S/C15H13Br2FO/c1-9-7-11(18)4-5-12(9)15(17)10-3-6-14(19-2)13(16)8-10/h3-8,15H,1-2H3. The number of halogens is 3. The minimum Gasteiger partial charge on any atom is -0.496 e. The highest BCUT2D eigenvalue weighted by Crippen LogP contribution is 2.36. The lowest BCUT2D eigenvalue weighted by Gasteiger charge is -2.15. The average Bonchev–Trinajstić information content (AvgIpc) is 2.38. The van der Waals surface area contributed by atoms with Crippen molar-refractivity contribution in [2.45, 2.75) is 11.8 Å². The summed E-state index contributed by atoms with van der Waals surface area (Å²) in [6.45, 7) is 1.91. The molecular weight excluding hydrogens is 375 g/mol. The molecular formula is C15H13Br2FO. The molecule has 0 saturated heterocycles. The summed E-state index contributed by atoms with van der Waals surface area (Å²) in [6.07, 6.45) is 0. The Bertz CT molecular complexity index is 599. The summed E-state index contributed by atoms with van der Waals surface area (Å²) in [4.78, 5) is 0.0234. The minimum atomic E-state index is -0.211. The van der Waals surface area contributed by atoms with Crippen LogP contribution in [0.1, 0.15) is 21.5 Å². The monoisotopic (exact) mass is 386 g/mol. The van der Waals surface area contributed by atoms with Gasteiger partial charge in [-0.25, -0.2) is 4.39 Å². The second kappa shape index (κ2) is 6.06. The normalized spacial score (nSPS) is 12.3.